The predicted octanol–water partition coefficient (Wildman–Crippen LogP) is 4.72. The molecule has 0 atom stereocenters. The van der Waals surface area contributed by atoms with Crippen LogP contribution in [-0.4, -0.2) is 14.3 Å². The Labute approximate surface area is 173 Å². The quantitative estimate of drug-likeness (QED) is 0.588. The van der Waals surface area contributed by atoms with Crippen molar-refractivity contribution in [2.45, 2.75) is 11.4 Å². The predicted molar refractivity (Wildman–Crippen MR) is 111 cm³/mol. The number of hydrogen-bond donors (Lipinski definition) is 2. The number of halogens is 2. The van der Waals surface area contributed by atoms with Crippen LogP contribution in [0.4, 0.5) is 5.69 Å². The average Bonchev–Trinajstić information content (AvgIpc) is 2.69. The number of rotatable bonds is 6. The molecule has 8 heteroatoms. The maximum atomic E-state index is 12.5. The Hall–Kier alpha value is -2.54. The lowest BCUT2D eigenvalue weighted by molar-refractivity contribution is 0.0951. The van der Waals surface area contributed by atoms with Gasteiger partial charge < -0.3 is 5.32 Å². The van der Waals surface area contributed by atoms with E-state index in [9.17, 15) is 13.2 Å². The molecular weight excluding hydrogens is 419 g/mol. The Kier molecular flexibility index (Phi) is 6.24. The van der Waals surface area contributed by atoms with E-state index in [-0.39, 0.29) is 20.8 Å². The van der Waals surface area contributed by atoms with Crippen molar-refractivity contribution in [1.29, 1.82) is 0 Å². The lowest BCUT2D eigenvalue weighted by Gasteiger charge is -2.11. The van der Waals surface area contributed by atoms with E-state index < -0.39 is 10.0 Å². The first-order valence-electron chi connectivity index (χ1n) is 8.25. The van der Waals surface area contributed by atoms with Gasteiger partial charge in [-0.05, 0) is 48.0 Å². The van der Waals surface area contributed by atoms with Crippen LogP contribution < -0.4 is 10.0 Å². The molecule has 3 aromatic rings. The molecule has 3 aromatic carbocycles. The van der Waals surface area contributed by atoms with Gasteiger partial charge in [-0.3, -0.25) is 9.52 Å². The molecule has 2 N–H and O–H groups in total. The molecule has 0 heterocycles. The molecule has 144 valence electrons. The van der Waals surface area contributed by atoms with Crippen molar-refractivity contribution in [3.8, 4) is 0 Å². The van der Waals surface area contributed by atoms with Crippen molar-refractivity contribution in [3.05, 3.63) is 94.0 Å². The minimum atomic E-state index is -3.91. The lowest BCUT2D eigenvalue weighted by atomic mass is 10.2. The van der Waals surface area contributed by atoms with Crippen molar-refractivity contribution >= 4 is 44.8 Å². The van der Waals surface area contributed by atoms with E-state index >= 15 is 0 Å². The van der Waals surface area contributed by atoms with E-state index in [1.54, 1.807) is 0 Å². The summed E-state index contributed by atoms with van der Waals surface area (Å²) < 4.78 is 27.5. The second-order valence-electron chi connectivity index (χ2n) is 5.93. The second kappa shape index (κ2) is 8.65. The fourth-order valence-electron chi connectivity index (χ4n) is 2.46. The molecule has 0 aromatic heterocycles. The van der Waals surface area contributed by atoms with Gasteiger partial charge in [0.2, 0.25) is 0 Å². The maximum absolute atomic E-state index is 12.5. The first kappa shape index (κ1) is 20.2. The Morgan fingerprint density at radius 2 is 1.57 bits per heavy atom. The zero-order valence-corrected chi connectivity index (χ0v) is 16.9. The van der Waals surface area contributed by atoms with Crippen molar-refractivity contribution < 1.29 is 13.2 Å². The molecule has 5 nitrogen and oxygen atoms in total. The summed E-state index contributed by atoms with van der Waals surface area (Å²) in [6.45, 7) is 0.404. The number of carbonyl (C=O) groups is 1. The summed E-state index contributed by atoms with van der Waals surface area (Å²) in [7, 11) is -3.91. The van der Waals surface area contributed by atoms with E-state index in [0.29, 0.717) is 17.8 Å². The molecule has 28 heavy (non-hydrogen) atoms. The van der Waals surface area contributed by atoms with E-state index in [4.69, 9.17) is 23.2 Å². The zero-order valence-electron chi connectivity index (χ0n) is 14.5. The number of hydrogen-bond acceptors (Lipinski definition) is 3. The number of benzene rings is 3. The molecule has 0 aliphatic heterocycles. The number of nitrogens with one attached hydrogen (secondary N) is 2. The van der Waals surface area contributed by atoms with E-state index in [1.807, 2.05) is 30.3 Å². The van der Waals surface area contributed by atoms with Gasteiger partial charge in [0.05, 0.1) is 5.02 Å². The molecule has 1 amide bonds. The van der Waals surface area contributed by atoms with Crippen LogP contribution in [0.2, 0.25) is 10.0 Å². The third kappa shape index (κ3) is 5.04. The monoisotopic (exact) mass is 434 g/mol. The van der Waals surface area contributed by atoms with Gasteiger partial charge in [0.15, 0.2) is 0 Å². The minimum absolute atomic E-state index is 0.0637. The minimum Gasteiger partial charge on any atom is -0.348 e. The standard InChI is InChI=1S/C20H16Cl2N2O3S/c21-16-8-11-18(22)19(12-16)28(26,27)24-17-9-6-15(7-10-17)20(25)23-13-14-4-2-1-3-5-14/h1-12,24H,13H2,(H,23,25). The summed E-state index contributed by atoms with van der Waals surface area (Å²) in [6.07, 6.45) is 0. The molecule has 0 radical (unpaired) electrons. The third-order valence-corrected chi connectivity index (χ3v) is 5.98. The lowest BCUT2D eigenvalue weighted by Crippen LogP contribution is -2.22. The van der Waals surface area contributed by atoms with Crippen molar-refractivity contribution in [1.82, 2.24) is 5.32 Å². The van der Waals surface area contributed by atoms with Crippen LogP contribution in [0.1, 0.15) is 15.9 Å². The highest BCUT2D eigenvalue weighted by Gasteiger charge is 2.19. The first-order chi connectivity index (χ1) is 13.3. The van der Waals surface area contributed by atoms with Gasteiger partial charge in [-0.25, -0.2) is 8.42 Å². The Bertz CT molecular complexity index is 1090. The number of amides is 1. The highest BCUT2D eigenvalue weighted by molar-refractivity contribution is 7.92. The number of carbonyl (C=O) groups excluding carboxylic acids is 1. The molecule has 0 spiro atoms. The van der Waals surface area contributed by atoms with Crippen LogP contribution in [0.3, 0.4) is 0 Å². The molecule has 0 bridgehead atoms. The van der Waals surface area contributed by atoms with E-state index in [2.05, 4.69) is 10.0 Å². The summed E-state index contributed by atoms with van der Waals surface area (Å²) >= 11 is 11.8. The van der Waals surface area contributed by atoms with Gasteiger partial charge in [0.1, 0.15) is 4.90 Å². The Morgan fingerprint density at radius 1 is 0.893 bits per heavy atom. The van der Waals surface area contributed by atoms with Crippen LogP contribution in [-0.2, 0) is 16.6 Å². The van der Waals surface area contributed by atoms with Gasteiger partial charge in [-0.1, -0.05) is 53.5 Å². The van der Waals surface area contributed by atoms with Crippen LogP contribution in [0.5, 0.6) is 0 Å². The SMILES string of the molecule is O=C(NCc1ccccc1)c1ccc(NS(=O)(=O)c2cc(Cl)ccc2Cl)cc1. The van der Waals surface area contributed by atoms with Crippen molar-refractivity contribution in [2.24, 2.45) is 0 Å². The molecule has 0 fully saturated rings. The van der Waals surface area contributed by atoms with Crippen molar-refractivity contribution in [3.63, 3.8) is 0 Å². The fraction of sp³-hybridized carbons (Fsp3) is 0.0500. The van der Waals surface area contributed by atoms with Gasteiger partial charge >= 0.3 is 0 Å². The van der Waals surface area contributed by atoms with Crippen molar-refractivity contribution in [2.75, 3.05) is 4.72 Å². The summed E-state index contributed by atoms with van der Waals surface area (Å²) in [5, 5.41) is 3.14. The molecular formula is C20H16Cl2N2O3S. The summed E-state index contributed by atoms with van der Waals surface area (Å²) in [5.41, 5.74) is 1.70. The number of sulfonamides is 1. The molecule has 0 aliphatic carbocycles. The van der Waals surface area contributed by atoms with Gasteiger partial charge in [-0.15, -0.1) is 0 Å². The van der Waals surface area contributed by atoms with Gasteiger partial charge in [-0.2, -0.15) is 0 Å². The molecule has 3 rings (SSSR count). The summed E-state index contributed by atoms with van der Waals surface area (Å²) in [6, 6.07) is 19.8. The Balaban J connectivity index is 1.68. The molecule has 0 saturated heterocycles. The second-order valence-corrected chi connectivity index (χ2v) is 8.42. The van der Waals surface area contributed by atoms with E-state index in [1.165, 1.54) is 42.5 Å². The topological polar surface area (TPSA) is 75.3 Å². The maximum Gasteiger partial charge on any atom is 0.263 e. The molecule has 0 unspecified atom stereocenters. The van der Waals surface area contributed by atoms with Gasteiger partial charge in [0.25, 0.3) is 15.9 Å². The zero-order chi connectivity index (χ0) is 20.1. The summed E-state index contributed by atoms with van der Waals surface area (Å²) in [4.78, 5) is 12.1. The fourth-order valence-corrected chi connectivity index (χ4v) is 4.29. The van der Waals surface area contributed by atoms with Gasteiger partial charge in [0, 0.05) is 22.8 Å². The Morgan fingerprint density at radius 3 is 2.25 bits per heavy atom. The summed E-state index contributed by atoms with van der Waals surface area (Å²) in [5.74, 6) is -0.254. The highest BCUT2D eigenvalue weighted by Crippen LogP contribution is 2.26. The van der Waals surface area contributed by atoms with Crippen LogP contribution in [0.25, 0.3) is 0 Å². The molecule has 0 aliphatic rings. The highest BCUT2D eigenvalue weighted by atomic mass is 35.5. The number of anilines is 1. The average molecular weight is 435 g/mol. The smallest absolute Gasteiger partial charge is 0.263 e. The first-order valence-corrected chi connectivity index (χ1v) is 10.5. The van der Waals surface area contributed by atoms with Crippen LogP contribution in [0, 0.1) is 0 Å². The van der Waals surface area contributed by atoms with Crippen LogP contribution >= 0.6 is 23.2 Å². The third-order valence-electron chi connectivity index (χ3n) is 3.88. The normalized spacial score (nSPS) is 11.1. The largest absolute Gasteiger partial charge is 0.348 e. The van der Waals surface area contributed by atoms with Crippen LogP contribution in [0.15, 0.2) is 77.7 Å². The van der Waals surface area contributed by atoms with E-state index in [0.717, 1.165) is 5.56 Å². The molecule has 0 saturated carbocycles.